The van der Waals surface area contributed by atoms with E-state index in [9.17, 15) is 5.11 Å². The van der Waals surface area contributed by atoms with Gasteiger partial charge in [0.05, 0.1) is 24.9 Å². The summed E-state index contributed by atoms with van der Waals surface area (Å²) in [6, 6.07) is 5.42. The number of anilines is 1. The van der Waals surface area contributed by atoms with Crippen molar-refractivity contribution in [3.63, 3.8) is 0 Å². The van der Waals surface area contributed by atoms with Crippen molar-refractivity contribution in [3.8, 4) is 5.75 Å². The summed E-state index contributed by atoms with van der Waals surface area (Å²) in [6.45, 7) is 2.11. The molecule has 0 aliphatic carbocycles. The SMILES string of the molecule is Nc1cccc([C@H]2COCCN2)c1O. The van der Waals surface area contributed by atoms with Gasteiger partial charge in [-0.1, -0.05) is 12.1 Å². The van der Waals surface area contributed by atoms with Gasteiger partial charge in [-0.05, 0) is 6.07 Å². The predicted molar refractivity (Wildman–Crippen MR) is 54.1 cm³/mol. The van der Waals surface area contributed by atoms with E-state index >= 15 is 0 Å². The van der Waals surface area contributed by atoms with Crippen molar-refractivity contribution in [2.75, 3.05) is 25.5 Å². The summed E-state index contributed by atoms with van der Waals surface area (Å²) >= 11 is 0. The monoisotopic (exact) mass is 194 g/mol. The largest absolute Gasteiger partial charge is 0.505 e. The Hall–Kier alpha value is -1.26. The number of phenols is 1. The van der Waals surface area contributed by atoms with Crippen molar-refractivity contribution in [1.29, 1.82) is 0 Å². The molecule has 1 aromatic rings. The normalized spacial score (nSPS) is 22.1. The second-order valence-electron chi connectivity index (χ2n) is 3.37. The van der Waals surface area contributed by atoms with Crippen molar-refractivity contribution in [3.05, 3.63) is 23.8 Å². The minimum absolute atomic E-state index is 0.0484. The van der Waals surface area contributed by atoms with Crippen LogP contribution in [0.3, 0.4) is 0 Å². The van der Waals surface area contributed by atoms with Crippen molar-refractivity contribution in [2.45, 2.75) is 6.04 Å². The van der Waals surface area contributed by atoms with Gasteiger partial charge in [0.1, 0.15) is 5.75 Å². The Labute approximate surface area is 82.7 Å². The standard InChI is InChI=1S/C10H14N2O2/c11-8-3-1-2-7(10(8)13)9-6-14-5-4-12-9/h1-3,9,12-13H,4-6,11H2/t9-/m1/s1. The van der Waals surface area contributed by atoms with E-state index < -0.39 is 0 Å². The van der Waals surface area contributed by atoms with E-state index in [-0.39, 0.29) is 11.8 Å². The average Bonchev–Trinajstić information content (AvgIpc) is 2.23. The Morgan fingerprint density at radius 2 is 2.36 bits per heavy atom. The van der Waals surface area contributed by atoms with Gasteiger partial charge >= 0.3 is 0 Å². The molecule has 14 heavy (non-hydrogen) atoms. The van der Waals surface area contributed by atoms with Crippen LogP contribution in [0.25, 0.3) is 0 Å². The first-order valence-electron chi connectivity index (χ1n) is 4.67. The maximum atomic E-state index is 9.73. The number of phenolic OH excluding ortho intramolecular Hbond substituents is 1. The topological polar surface area (TPSA) is 67.5 Å². The summed E-state index contributed by atoms with van der Waals surface area (Å²) in [4.78, 5) is 0. The molecular formula is C10H14N2O2. The number of para-hydroxylation sites is 1. The Morgan fingerprint density at radius 3 is 3.07 bits per heavy atom. The molecule has 1 atom stereocenters. The maximum absolute atomic E-state index is 9.73. The number of aromatic hydroxyl groups is 1. The lowest BCUT2D eigenvalue weighted by Gasteiger charge is -2.25. The zero-order valence-corrected chi connectivity index (χ0v) is 7.86. The number of nitrogen functional groups attached to an aromatic ring is 1. The molecule has 0 aromatic heterocycles. The number of hydrogen-bond acceptors (Lipinski definition) is 4. The summed E-state index contributed by atoms with van der Waals surface area (Å²) < 4.78 is 5.32. The molecule has 4 nitrogen and oxygen atoms in total. The van der Waals surface area contributed by atoms with Gasteiger partial charge in [0.2, 0.25) is 0 Å². The van der Waals surface area contributed by atoms with E-state index in [1.54, 1.807) is 6.07 Å². The van der Waals surface area contributed by atoms with Crippen LogP contribution in [-0.2, 0) is 4.74 Å². The summed E-state index contributed by atoms with van der Waals surface area (Å²) in [5.41, 5.74) is 6.83. The van der Waals surface area contributed by atoms with Crippen molar-refractivity contribution in [1.82, 2.24) is 5.32 Å². The Morgan fingerprint density at radius 1 is 1.50 bits per heavy atom. The lowest BCUT2D eigenvalue weighted by molar-refractivity contribution is 0.0761. The smallest absolute Gasteiger partial charge is 0.143 e. The van der Waals surface area contributed by atoms with E-state index in [0.717, 1.165) is 18.7 Å². The molecule has 1 fully saturated rings. The van der Waals surface area contributed by atoms with Gasteiger partial charge in [0.25, 0.3) is 0 Å². The van der Waals surface area contributed by atoms with Gasteiger partial charge in [-0.15, -0.1) is 0 Å². The van der Waals surface area contributed by atoms with Crippen molar-refractivity contribution < 1.29 is 9.84 Å². The number of hydrogen-bond donors (Lipinski definition) is 3. The summed E-state index contributed by atoms with van der Waals surface area (Å²) in [7, 11) is 0. The Balaban J connectivity index is 2.26. The van der Waals surface area contributed by atoms with Crippen molar-refractivity contribution >= 4 is 5.69 Å². The predicted octanol–water partition coefficient (Wildman–Crippen LogP) is 0.635. The van der Waals surface area contributed by atoms with Gasteiger partial charge in [-0.3, -0.25) is 0 Å². The lowest BCUT2D eigenvalue weighted by Crippen LogP contribution is -2.34. The highest BCUT2D eigenvalue weighted by Crippen LogP contribution is 2.30. The fraction of sp³-hybridized carbons (Fsp3) is 0.400. The molecule has 4 N–H and O–H groups in total. The second kappa shape index (κ2) is 3.86. The van der Waals surface area contributed by atoms with Crippen LogP contribution < -0.4 is 11.1 Å². The third-order valence-corrected chi connectivity index (χ3v) is 2.40. The van der Waals surface area contributed by atoms with Gasteiger partial charge in [-0.2, -0.15) is 0 Å². The number of nitrogens with two attached hydrogens (primary N) is 1. The van der Waals surface area contributed by atoms with Crippen LogP contribution in [0.2, 0.25) is 0 Å². The molecular weight excluding hydrogens is 180 g/mol. The molecule has 1 saturated heterocycles. The van der Waals surface area contributed by atoms with Crippen molar-refractivity contribution in [2.24, 2.45) is 0 Å². The number of nitrogens with one attached hydrogen (secondary N) is 1. The summed E-state index contributed by atoms with van der Waals surface area (Å²) in [5.74, 6) is 0.163. The van der Waals surface area contributed by atoms with E-state index in [2.05, 4.69) is 5.32 Å². The van der Waals surface area contributed by atoms with Crippen LogP contribution in [0.15, 0.2) is 18.2 Å². The number of rotatable bonds is 1. The first-order chi connectivity index (χ1) is 6.79. The Kier molecular flexibility index (Phi) is 2.56. The molecule has 1 aliphatic rings. The molecule has 1 aliphatic heterocycles. The summed E-state index contributed by atoms with van der Waals surface area (Å²) in [5, 5.41) is 13.0. The van der Waals surface area contributed by atoms with Crippen LogP contribution in [0.1, 0.15) is 11.6 Å². The fourth-order valence-electron chi connectivity index (χ4n) is 1.63. The molecule has 0 bridgehead atoms. The zero-order valence-electron chi connectivity index (χ0n) is 7.86. The maximum Gasteiger partial charge on any atom is 0.143 e. The van der Waals surface area contributed by atoms with E-state index in [4.69, 9.17) is 10.5 Å². The van der Waals surface area contributed by atoms with E-state index in [1.807, 2.05) is 12.1 Å². The third-order valence-electron chi connectivity index (χ3n) is 2.40. The van der Waals surface area contributed by atoms with Crippen LogP contribution in [0.5, 0.6) is 5.75 Å². The third kappa shape index (κ3) is 1.66. The molecule has 76 valence electrons. The van der Waals surface area contributed by atoms with E-state index in [0.29, 0.717) is 12.3 Å². The molecule has 0 amide bonds. The van der Waals surface area contributed by atoms with Crippen LogP contribution >= 0.6 is 0 Å². The number of ether oxygens (including phenoxy) is 1. The Bertz CT molecular complexity index is 322. The zero-order chi connectivity index (χ0) is 9.97. The van der Waals surface area contributed by atoms with Gasteiger partial charge in [-0.25, -0.2) is 0 Å². The molecule has 0 radical (unpaired) electrons. The highest BCUT2D eigenvalue weighted by Gasteiger charge is 2.18. The quantitative estimate of drug-likeness (QED) is 0.453. The highest BCUT2D eigenvalue weighted by molar-refractivity contribution is 5.56. The van der Waals surface area contributed by atoms with Gasteiger partial charge in [0, 0.05) is 12.1 Å². The lowest BCUT2D eigenvalue weighted by atomic mass is 10.0. The highest BCUT2D eigenvalue weighted by atomic mass is 16.5. The van der Waals surface area contributed by atoms with E-state index in [1.165, 1.54) is 0 Å². The molecule has 4 heteroatoms. The molecule has 1 heterocycles. The van der Waals surface area contributed by atoms with Gasteiger partial charge in [0.15, 0.2) is 0 Å². The number of morpholine rings is 1. The molecule has 2 rings (SSSR count). The summed E-state index contributed by atoms with van der Waals surface area (Å²) in [6.07, 6.45) is 0. The minimum atomic E-state index is 0.0484. The minimum Gasteiger partial charge on any atom is -0.505 e. The van der Waals surface area contributed by atoms with Gasteiger partial charge < -0.3 is 20.9 Å². The van der Waals surface area contributed by atoms with Crippen LogP contribution in [-0.4, -0.2) is 24.9 Å². The van der Waals surface area contributed by atoms with Crippen LogP contribution in [0.4, 0.5) is 5.69 Å². The molecule has 0 saturated carbocycles. The molecule has 0 unspecified atom stereocenters. The fourth-order valence-corrected chi connectivity index (χ4v) is 1.63. The van der Waals surface area contributed by atoms with Crippen LogP contribution in [0, 0.1) is 0 Å². The molecule has 0 spiro atoms. The first kappa shape index (κ1) is 9.30. The molecule has 1 aromatic carbocycles. The number of benzene rings is 1. The second-order valence-corrected chi connectivity index (χ2v) is 3.37. The average molecular weight is 194 g/mol. The first-order valence-corrected chi connectivity index (χ1v) is 4.67.